The number of hydrogen-bond acceptors (Lipinski definition) is 4. The second kappa shape index (κ2) is 13.1. The summed E-state index contributed by atoms with van der Waals surface area (Å²) in [7, 11) is 0. The summed E-state index contributed by atoms with van der Waals surface area (Å²) >= 11 is 0. The summed E-state index contributed by atoms with van der Waals surface area (Å²) in [6, 6.07) is 0. The summed E-state index contributed by atoms with van der Waals surface area (Å²) in [6.45, 7) is 4.17. The molecule has 0 aliphatic heterocycles. The SMILES string of the molecule is CC=CC(=O)OCCOC(=O)CCCCCCCC. The maximum atomic E-state index is 11.3. The van der Waals surface area contributed by atoms with E-state index >= 15 is 0 Å². The number of carbonyl (C=O) groups is 2. The molecule has 0 aliphatic rings. The molecule has 0 N–H and O–H groups in total. The van der Waals surface area contributed by atoms with Gasteiger partial charge in [-0.15, -0.1) is 0 Å². The third-order valence-electron chi connectivity index (χ3n) is 2.63. The van der Waals surface area contributed by atoms with Crippen molar-refractivity contribution in [2.24, 2.45) is 0 Å². The molecule has 0 aliphatic carbocycles. The van der Waals surface area contributed by atoms with E-state index in [4.69, 9.17) is 9.47 Å². The first-order valence-electron chi connectivity index (χ1n) is 7.15. The zero-order chi connectivity index (χ0) is 14.3. The first-order valence-corrected chi connectivity index (χ1v) is 7.15. The zero-order valence-corrected chi connectivity index (χ0v) is 12.2. The van der Waals surface area contributed by atoms with E-state index in [0.29, 0.717) is 6.42 Å². The molecule has 0 bridgehead atoms. The number of hydrogen-bond donors (Lipinski definition) is 0. The molecule has 0 saturated heterocycles. The number of carbonyl (C=O) groups excluding carboxylic acids is 2. The number of rotatable bonds is 11. The highest BCUT2D eigenvalue weighted by atomic mass is 16.6. The fourth-order valence-electron chi connectivity index (χ4n) is 1.60. The maximum absolute atomic E-state index is 11.3. The molecule has 0 spiro atoms. The van der Waals surface area contributed by atoms with Crippen LogP contribution in [0, 0.1) is 0 Å². The van der Waals surface area contributed by atoms with Crippen LogP contribution in [-0.4, -0.2) is 25.2 Å². The van der Waals surface area contributed by atoms with Gasteiger partial charge in [0.05, 0.1) is 0 Å². The minimum absolute atomic E-state index is 0.116. The van der Waals surface area contributed by atoms with Gasteiger partial charge in [0.2, 0.25) is 0 Å². The molecule has 19 heavy (non-hydrogen) atoms. The van der Waals surface area contributed by atoms with Crippen LogP contribution in [0.2, 0.25) is 0 Å². The van der Waals surface area contributed by atoms with Gasteiger partial charge in [0.25, 0.3) is 0 Å². The van der Waals surface area contributed by atoms with E-state index in [2.05, 4.69) is 6.92 Å². The highest BCUT2D eigenvalue weighted by Gasteiger charge is 2.03. The first kappa shape index (κ1) is 17.7. The van der Waals surface area contributed by atoms with E-state index in [1.807, 2.05) is 0 Å². The van der Waals surface area contributed by atoms with Gasteiger partial charge in [-0.2, -0.15) is 0 Å². The molecular formula is C15H26O4. The van der Waals surface area contributed by atoms with Crippen LogP contribution in [0.25, 0.3) is 0 Å². The summed E-state index contributed by atoms with van der Waals surface area (Å²) in [5.74, 6) is -0.618. The van der Waals surface area contributed by atoms with E-state index in [0.717, 1.165) is 12.8 Å². The fourth-order valence-corrected chi connectivity index (χ4v) is 1.60. The largest absolute Gasteiger partial charge is 0.462 e. The van der Waals surface area contributed by atoms with Crippen LogP contribution < -0.4 is 0 Å². The van der Waals surface area contributed by atoms with Gasteiger partial charge < -0.3 is 9.47 Å². The Morgan fingerprint density at radius 3 is 2.26 bits per heavy atom. The van der Waals surface area contributed by atoms with Crippen LogP contribution >= 0.6 is 0 Å². The maximum Gasteiger partial charge on any atom is 0.330 e. The van der Waals surface area contributed by atoms with Crippen molar-refractivity contribution in [2.45, 2.75) is 58.8 Å². The van der Waals surface area contributed by atoms with Crippen LogP contribution in [0.15, 0.2) is 12.2 Å². The van der Waals surface area contributed by atoms with Gasteiger partial charge in [0.1, 0.15) is 13.2 Å². The van der Waals surface area contributed by atoms with E-state index in [1.54, 1.807) is 13.0 Å². The predicted octanol–water partition coefficient (Wildman–Crippen LogP) is 3.40. The van der Waals surface area contributed by atoms with Crippen molar-refractivity contribution in [2.75, 3.05) is 13.2 Å². The van der Waals surface area contributed by atoms with Gasteiger partial charge in [-0.3, -0.25) is 4.79 Å². The monoisotopic (exact) mass is 270 g/mol. The molecule has 0 aromatic rings. The van der Waals surface area contributed by atoms with E-state index < -0.39 is 5.97 Å². The molecule has 0 fully saturated rings. The molecule has 4 heteroatoms. The quantitative estimate of drug-likeness (QED) is 0.328. The smallest absolute Gasteiger partial charge is 0.330 e. The Bertz CT molecular complexity index is 271. The highest BCUT2D eigenvalue weighted by Crippen LogP contribution is 2.07. The normalized spacial score (nSPS) is 10.6. The van der Waals surface area contributed by atoms with Crippen molar-refractivity contribution >= 4 is 11.9 Å². The van der Waals surface area contributed by atoms with Crippen molar-refractivity contribution in [3.8, 4) is 0 Å². The molecule has 0 atom stereocenters. The first-order chi connectivity index (χ1) is 9.20. The Morgan fingerprint density at radius 2 is 1.58 bits per heavy atom. The van der Waals surface area contributed by atoms with Crippen molar-refractivity contribution in [3.63, 3.8) is 0 Å². The lowest BCUT2D eigenvalue weighted by Gasteiger charge is -2.05. The van der Waals surface area contributed by atoms with Crippen LogP contribution in [0.1, 0.15) is 58.8 Å². The van der Waals surface area contributed by atoms with Gasteiger partial charge >= 0.3 is 11.9 Å². The Kier molecular flexibility index (Phi) is 12.2. The Balaban J connectivity index is 3.32. The zero-order valence-electron chi connectivity index (χ0n) is 12.2. The second-order valence-corrected chi connectivity index (χ2v) is 4.41. The molecule has 0 aromatic carbocycles. The van der Waals surface area contributed by atoms with Crippen LogP contribution in [0.5, 0.6) is 0 Å². The second-order valence-electron chi connectivity index (χ2n) is 4.41. The fraction of sp³-hybridized carbons (Fsp3) is 0.733. The minimum Gasteiger partial charge on any atom is -0.462 e. The van der Waals surface area contributed by atoms with Gasteiger partial charge in [0, 0.05) is 12.5 Å². The summed E-state index contributed by atoms with van der Waals surface area (Å²) in [6.07, 6.45) is 10.3. The molecule has 0 aromatic heterocycles. The third kappa shape index (κ3) is 12.9. The van der Waals surface area contributed by atoms with Crippen LogP contribution in [0.3, 0.4) is 0 Å². The number of ether oxygens (including phenoxy) is 2. The summed E-state index contributed by atoms with van der Waals surface area (Å²) < 4.78 is 9.76. The molecular weight excluding hydrogens is 244 g/mol. The average Bonchev–Trinajstić information content (AvgIpc) is 2.39. The summed E-state index contributed by atoms with van der Waals surface area (Å²) in [5, 5.41) is 0. The molecule has 0 radical (unpaired) electrons. The number of allylic oxidation sites excluding steroid dienone is 1. The molecule has 0 heterocycles. The topological polar surface area (TPSA) is 52.6 Å². The molecule has 0 rings (SSSR count). The third-order valence-corrected chi connectivity index (χ3v) is 2.63. The van der Waals surface area contributed by atoms with Crippen LogP contribution in [-0.2, 0) is 19.1 Å². The highest BCUT2D eigenvalue weighted by molar-refractivity contribution is 5.81. The van der Waals surface area contributed by atoms with E-state index in [-0.39, 0.29) is 19.2 Å². The van der Waals surface area contributed by atoms with Crippen molar-refractivity contribution in [1.29, 1.82) is 0 Å². The minimum atomic E-state index is -0.408. The van der Waals surface area contributed by atoms with E-state index in [9.17, 15) is 9.59 Å². The van der Waals surface area contributed by atoms with Crippen molar-refractivity contribution in [1.82, 2.24) is 0 Å². The van der Waals surface area contributed by atoms with Crippen LogP contribution in [0.4, 0.5) is 0 Å². The standard InChI is InChI=1S/C15H26O4/c1-3-5-6-7-8-9-11-15(17)19-13-12-18-14(16)10-4-2/h4,10H,3,5-9,11-13H2,1-2H3. The lowest BCUT2D eigenvalue weighted by molar-refractivity contribution is -0.149. The Labute approximate surface area is 116 Å². The number of unbranched alkanes of at least 4 members (excludes halogenated alkanes) is 5. The van der Waals surface area contributed by atoms with Crippen molar-refractivity contribution in [3.05, 3.63) is 12.2 Å². The lowest BCUT2D eigenvalue weighted by atomic mass is 10.1. The average molecular weight is 270 g/mol. The summed E-state index contributed by atoms with van der Waals surface area (Å²) in [4.78, 5) is 22.3. The lowest BCUT2D eigenvalue weighted by Crippen LogP contribution is -2.12. The molecule has 0 saturated carbocycles. The predicted molar refractivity (Wildman–Crippen MR) is 74.7 cm³/mol. The molecule has 0 amide bonds. The number of esters is 2. The Morgan fingerprint density at radius 1 is 0.947 bits per heavy atom. The molecule has 110 valence electrons. The summed E-state index contributed by atoms with van der Waals surface area (Å²) in [5.41, 5.74) is 0. The van der Waals surface area contributed by atoms with Gasteiger partial charge in [-0.1, -0.05) is 45.1 Å². The Hall–Kier alpha value is -1.32. The van der Waals surface area contributed by atoms with Gasteiger partial charge in [-0.25, -0.2) is 4.79 Å². The van der Waals surface area contributed by atoms with Gasteiger partial charge in [0.15, 0.2) is 0 Å². The van der Waals surface area contributed by atoms with E-state index in [1.165, 1.54) is 31.8 Å². The van der Waals surface area contributed by atoms with Crippen molar-refractivity contribution < 1.29 is 19.1 Å². The van der Waals surface area contributed by atoms with Gasteiger partial charge in [-0.05, 0) is 13.3 Å². The molecule has 0 unspecified atom stereocenters. The molecule has 4 nitrogen and oxygen atoms in total.